The maximum absolute atomic E-state index is 14.9. The maximum atomic E-state index is 14.9. The zero-order valence-corrected chi connectivity index (χ0v) is 19.2. The standard InChI is InChI=1S/C23H23F4N5O3/c1-11(15-9-16-20(29-12(2)30-21(16)33)31-19(15)23(25,26)27)28-18-5-4-13(8-17(18)24)22(34)32-7-6-14(10-32)35-3/h4-5,8-9,11,14,28H,6-7,10H2,1-3H3,(H,29,30,31,33). The van der Waals surface area contributed by atoms with Crippen molar-refractivity contribution in [3.05, 3.63) is 63.1 Å². The molecular weight excluding hydrogens is 470 g/mol. The number of aryl methyl sites for hydroxylation is 1. The first-order chi connectivity index (χ1) is 16.5. The van der Waals surface area contributed by atoms with E-state index in [2.05, 4.69) is 20.3 Å². The summed E-state index contributed by atoms with van der Waals surface area (Å²) >= 11 is 0. The number of carbonyl (C=O) groups is 1. The van der Waals surface area contributed by atoms with Gasteiger partial charge in [0.05, 0.1) is 23.2 Å². The summed E-state index contributed by atoms with van der Waals surface area (Å²) in [6.07, 6.45) is -4.22. The molecule has 1 aliphatic heterocycles. The molecule has 2 unspecified atom stereocenters. The van der Waals surface area contributed by atoms with E-state index < -0.39 is 29.3 Å². The monoisotopic (exact) mass is 493 g/mol. The summed E-state index contributed by atoms with van der Waals surface area (Å²) in [6.45, 7) is 3.71. The summed E-state index contributed by atoms with van der Waals surface area (Å²) in [4.78, 5) is 36.4. The van der Waals surface area contributed by atoms with Crippen LogP contribution in [0.25, 0.3) is 11.0 Å². The van der Waals surface area contributed by atoms with Crippen LogP contribution in [0.15, 0.2) is 29.1 Å². The van der Waals surface area contributed by atoms with Crippen LogP contribution in [0.1, 0.15) is 46.8 Å². The Morgan fingerprint density at radius 2 is 2.03 bits per heavy atom. The Bertz CT molecular complexity index is 1340. The van der Waals surface area contributed by atoms with E-state index in [0.717, 1.165) is 12.1 Å². The highest BCUT2D eigenvalue weighted by Gasteiger charge is 2.37. The highest BCUT2D eigenvalue weighted by atomic mass is 19.4. The van der Waals surface area contributed by atoms with Gasteiger partial charge in [-0.05, 0) is 44.5 Å². The molecule has 2 atom stereocenters. The van der Waals surface area contributed by atoms with Crippen molar-refractivity contribution in [1.82, 2.24) is 19.9 Å². The van der Waals surface area contributed by atoms with Gasteiger partial charge in [-0.2, -0.15) is 13.2 Å². The van der Waals surface area contributed by atoms with Crippen LogP contribution in [0.5, 0.6) is 0 Å². The Kier molecular flexibility index (Phi) is 6.50. The number of likely N-dealkylation sites (tertiary alicyclic amines) is 1. The number of benzene rings is 1. The molecule has 2 aromatic heterocycles. The number of pyridine rings is 1. The van der Waals surface area contributed by atoms with Crippen LogP contribution < -0.4 is 10.9 Å². The topological polar surface area (TPSA) is 100 Å². The first kappa shape index (κ1) is 24.6. The van der Waals surface area contributed by atoms with Crippen LogP contribution >= 0.6 is 0 Å². The number of alkyl halides is 3. The number of aromatic amines is 1. The number of carbonyl (C=O) groups excluding carboxylic acids is 1. The first-order valence-electron chi connectivity index (χ1n) is 10.8. The van der Waals surface area contributed by atoms with Gasteiger partial charge in [0, 0.05) is 31.3 Å². The minimum atomic E-state index is -4.83. The quantitative estimate of drug-likeness (QED) is 0.525. The maximum Gasteiger partial charge on any atom is 0.433 e. The molecule has 1 amide bonds. The van der Waals surface area contributed by atoms with Crippen molar-refractivity contribution in [2.75, 3.05) is 25.5 Å². The molecule has 1 aliphatic rings. The lowest BCUT2D eigenvalue weighted by molar-refractivity contribution is -0.141. The summed E-state index contributed by atoms with van der Waals surface area (Å²) in [5, 5.41) is 2.58. The van der Waals surface area contributed by atoms with Crippen molar-refractivity contribution < 1.29 is 27.1 Å². The predicted molar refractivity (Wildman–Crippen MR) is 120 cm³/mol. The number of nitrogens with zero attached hydrogens (tertiary/aromatic N) is 3. The Morgan fingerprint density at radius 1 is 1.29 bits per heavy atom. The third kappa shape index (κ3) is 4.97. The van der Waals surface area contributed by atoms with E-state index in [9.17, 15) is 27.2 Å². The molecule has 2 N–H and O–H groups in total. The third-order valence-electron chi connectivity index (χ3n) is 5.93. The van der Waals surface area contributed by atoms with E-state index in [-0.39, 0.29) is 45.7 Å². The number of aromatic nitrogens is 3. The van der Waals surface area contributed by atoms with Crippen molar-refractivity contribution in [3.8, 4) is 0 Å². The zero-order chi connectivity index (χ0) is 25.5. The highest BCUT2D eigenvalue weighted by Crippen LogP contribution is 2.35. The SMILES string of the molecule is COC1CCN(C(=O)c2ccc(NC(C)c3cc4c(=O)[nH]c(C)nc4nc3C(F)(F)F)c(F)c2)C1. The summed E-state index contributed by atoms with van der Waals surface area (Å²) in [6, 6.07) is 3.71. The van der Waals surface area contributed by atoms with E-state index in [1.165, 1.54) is 26.0 Å². The zero-order valence-electron chi connectivity index (χ0n) is 19.2. The summed E-state index contributed by atoms with van der Waals surface area (Å²) in [5.41, 5.74) is -2.52. The largest absolute Gasteiger partial charge is 0.433 e. The number of anilines is 1. The van der Waals surface area contributed by atoms with Crippen LogP contribution in [0.2, 0.25) is 0 Å². The van der Waals surface area contributed by atoms with Gasteiger partial charge in [-0.25, -0.2) is 14.4 Å². The fraction of sp³-hybridized carbons (Fsp3) is 0.391. The van der Waals surface area contributed by atoms with E-state index in [1.54, 1.807) is 12.0 Å². The van der Waals surface area contributed by atoms with E-state index in [0.29, 0.717) is 19.5 Å². The fourth-order valence-corrected chi connectivity index (χ4v) is 4.11. The Balaban J connectivity index is 1.63. The lowest BCUT2D eigenvalue weighted by Gasteiger charge is -2.21. The number of fused-ring (bicyclic) bond motifs is 1. The van der Waals surface area contributed by atoms with Crippen molar-refractivity contribution in [2.45, 2.75) is 38.6 Å². The molecule has 1 fully saturated rings. The number of hydrogen-bond acceptors (Lipinski definition) is 6. The van der Waals surface area contributed by atoms with Gasteiger partial charge in [-0.3, -0.25) is 9.59 Å². The smallest absolute Gasteiger partial charge is 0.380 e. The van der Waals surface area contributed by atoms with Gasteiger partial charge in [0.2, 0.25) is 0 Å². The van der Waals surface area contributed by atoms with E-state index in [1.807, 2.05) is 0 Å². The van der Waals surface area contributed by atoms with E-state index in [4.69, 9.17) is 4.74 Å². The lowest BCUT2D eigenvalue weighted by Crippen LogP contribution is -2.30. The number of methoxy groups -OCH3 is 1. The molecule has 3 heterocycles. The van der Waals surface area contributed by atoms with Crippen molar-refractivity contribution in [3.63, 3.8) is 0 Å². The van der Waals surface area contributed by atoms with Crippen LogP contribution in [0.3, 0.4) is 0 Å². The van der Waals surface area contributed by atoms with Gasteiger partial charge in [0.15, 0.2) is 11.3 Å². The van der Waals surface area contributed by atoms with Gasteiger partial charge in [0.25, 0.3) is 11.5 Å². The molecule has 1 aromatic carbocycles. The molecule has 3 aromatic rings. The third-order valence-corrected chi connectivity index (χ3v) is 5.93. The summed E-state index contributed by atoms with van der Waals surface area (Å²) in [5.74, 6) is -1.03. The average Bonchev–Trinajstić information content (AvgIpc) is 3.27. The second-order valence-electron chi connectivity index (χ2n) is 8.40. The molecule has 0 bridgehead atoms. The van der Waals surface area contributed by atoms with Gasteiger partial charge >= 0.3 is 6.18 Å². The van der Waals surface area contributed by atoms with Crippen molar-refractivity contribution in [1.29, 1.82) is 0 Å². The van der Waals surface area contributed by atoms with Crippen LogP contribution in [-0.2, 0) is 10.9 Å². The normalized spacial score (nSPS) is 17.1. The summed E-state index contributed by atoms with van der Waals surface area (Å²) < 4.78 is 61.4. The molecule has 186 valence electrons. The number of rotatable bonds is 5. The van der Waals surface area contributed by atoms with Gasteiger partial charge < -0.3 is 19.9 Å². The number of nitrogens with one attached hydrogen (secondary N) is 2. The van der Waals surface area contributed by atoms with Gasteiger partial charge in [-0.1, -0.05) is 0 Å². The Morgan fingerprint density at radius 3 is 2.66 bits per heavy atom. The Labute approximate surface area is 197 Å². The molecule has 4 rings (SSSR count). The minimum absolute atomic E-state index is 0.0738. The minimum Gasteiger partial charge on any atom is -0.380 e. The van der Waals surface area contributed by atoms with Gasteiger partial charge in [0.1, 0.15) is 11.6 Å². The molecular formula is C23H23F4N5O3. The second kappa shape index (κ2) is 9.25. The molecule has 8 nitrogen and oxygen atoms in total. The number of halogens is 4. The fourth-order valence-electron chi connectivity index (χ4n) is 4.11. The number of ether oxygens (including phenoxy) is 1. The van der Waals surface area contributed by atoms with E-state index >= 15 is 0 Å². The van der Waals surface area contributed by atoms with Crippen LogP contribution in [-0.4, -0.2) is 52.1 Å². The molecule has 0 aliphatic carbocycles. The number of H-pyrrole nitrogens is 1. The molecule has 0 saturated carbocycles. The number of amides is 1. The molecule has 0 spiro atoms. The van der Waals surface area contributed by atoms with Crippen molar-refractivity contribution in [2.24, 2.45) is 0 Å². The molecule has 1 saturated heterocycles. The van der Waals surface area contributed by atoms with Gasteiger partial charge in [-0.15, -0.1) is 0 Å². The molecule has 0 radical (unpaired) electrons. The van der Waals surface area contributed by atoms with Crippen LogP contribution in [0.4, 0.5) is 23.2 Å². The molecule has 12 heteroatoms. The highest BCUT2D eigenvalue weighted by molar-refractivity contribution is 5.94. The first-order valence-corrected chi connectivity index (χ1v) is 10.8. The molecule has 35 heavy (non-hydrogen) atoms. The lowest BCUT2D eigenvalue weighted by atomic mass is 10.0. The Hall–Kier alpha value is -3.54. The second-order valence-corrected chi connectivity index (χ2v) is 8.40. The predicted octanol–water partition coefficient (Wildman–Crippen LogP) is 3.82. The summed E-state index contributed by atoms with van der Waals surface area (Å²) in [7, 11) is 1.56. The van der Waals surface area contributed by atoms with Crippen molar-refractivity contribution >= 4 is 22.6 Å². The van der Waals surface area contributed by atoms with Crippen LogP contribution in [0, 0.1) is 12.7 Å². The number of hydrogen-bond donors (Lipinski definition) is 2. The average molecular weight is 493 g/mol.